The second-order valence-electron chi connectivity index (χ2n) is 5.01. The number of halogens is 2. The van der Waals surface area contributed by atoms with Crippen LogP contribution in [0, 0.1) is 11.8 Å². The van der Waals surface area contributed by atoms with Crippen molar-refractivity contribution < 1.29 is 13.6 Å². The predicted molar refractivity (Wildman–Crippen MR) is 52.6 cm³/mol. The Morgan fingerprint density at radius 3 is 2.20 bits per heavy atom. The van der Waals surface area contributed by atoms with Crippen LogP contribution >= 0.6 is 0 Å². The monoisotopic (exact) mass is 217 g/mol. The first-order chi connectivity index (χ1) is 6.98. The average molecular weight is 217 g/mol. The molecule has 0 bridgehead atoms. The quantitative estimate of drug-likeness (QED) is 0.660. The summed E-state index contributed by atoms with van der Waals surface area (Å²) in [4.78, 5) is 13.1. The number of carbonyl (C=O) groups is 1. The molecule has 2 aliphatic rings. The summed E-state index contributed by atoms with van der Waals surface area (Å²) in [5.41, 5.74) is 0. The Kier molecular flexibility index (Phi) is 2.69. The molecule has 0 atom stereocenters. The second-order valence-corrected chi connectivity index (χ2v) is 5.01. The van der Waals surface area contributed by atoms with Crippen molar-refractivity contribution in [3.8, 4) is 0 Å². The Bertz CT molecular complexity index is 251. The third-order valence-corrected chi connectivity index (χ3v) is 3.52. The van der Waals surface area contributed by atoms with E-state index in [1.165, 1.54) is 4.90 Å². The maximum absolute atomic E-state index is 12.6. The van der Waals surface area contributed by atoms with Crippen molar-refractivity contribution in [2.75, 3.05) is 13.1 Å². The molecule has 86 valence electrons. The number of hydrogen-bond donors (Lipinski definition) is 0. The normalized spacial score (nSPS) is 34.7. The largest absolute Gasteiger partial charge is 0.330 e. The molecule has 1 saturated heterocycles. The molecular weight excluding hydrogens is 200 g/mol. The van der Waals surface area contributed by atoms with Crippen LogP contribution in [0.4, 0.5) is 8.78 Å². The molecule has 4 heteroatoms. The molecule has 0 spiro atoms. The summed E-state index contributed by atoms with van der Waals surface area (Å²) in [6.07, 6.45) is 3.87. The summed E-state index contributed by atoms with van der Waals surface area (Å²) in [6, 6.07) is 0. The van der Waals surface area contributed by atoms with E-state index in [1.807, 2.05) is 0 Å². The van der Waals surface area contributed by atoms with Gasteiger partial charge in [0.25, 0.3) is 5.92 Å². The van der Waals surface area contributed by atoms with Gasteiger partial charge in [0.15, 0.2) is 0 Å². The summed E-state index contributed by atoms with van der Waals surface area (Å²) in [6.45, 7) is 1.45. The lowest BCUT2D eigenvalue weighted by Crippen LogP contribution is -2.59. The number of hydrogen-bond acceptors (Lipinski definition) is 1. The van der Waals surface area contributed by atoms with E-state index in [0.29, 0.717) is 5.92 Å². The van der Waals surface area contributed by atoms with Crippen molar-refractivity contribution in [3.63, 3.8) is 0 Å². The van der Waals surface area contributed by atoms with Crippen LogP contribution in [-0.4, -0.2) is 29.8 Å². The average Bonchev–Trinajstić information content (AvgIpc) is 2.14. The standard InChI is InChI=1S/C11H17F2NO/c1-8-2-4-9(5-3-8)10(15)14-6-11(12,13)7-14/h8-9H,2-7H2,1H3/t8-,9+. The van der Waals surface area contributed by atoms with E-state index in [9.17, 15) is 13.6 Å². The van der Waals surface area contributed by atoms with Crippen LogP contribution < -0.4 is 0 Å². The van der Waals surface area contributed by atoms with Crippen molar-refractivity contribution in [2.45, 2.75) is 38.5 Å². The van der Waals surface area contributed by atoms with Crippen molar-refractivity contribution in [2.24, 2.45) is 11.8 Å². The van der Waals surface area contributed by atoms with Gasteiger partial charge in [0.1, 0.15) is 0 Å². The van der Waals surface area contributed by atoms with Crippen LogP contribution in [0.15, 0.2) is 0 Å². The summed E-state index contributed by atoms with van der Waals surface area (Å²) < 4.78 is 25.2. The minimum Gasteiger partial charge on any atom is -0.330 e. The number of nitrogens with zero attached hydrogens (tertiary/aromatic N) is 1. The van der Waals surface area contributed by atoms with Gasteiger partial charge in [-0.05, 0) is 31.6 Å². The molecule has 0 radical (unpaired) electrons. The van der Waals surface area contributed by atoms with E-state index in [0.717, 1.165) is 25.7 Å². The third kappa shape index (κ3) is 2.29. The second kappa shape index (κ2) is 3.72. The van der Waals surface area contributed by atoms with Crippen molar-refractivity contribution >= 4 is 5.91 Å². The van der Waals surface area contributed by atoms with E-state index in [4.69, 9.17) is 0 Å². The molecule has 1 aliphatic heterocycles. The van der Waals surface area contributed by atoms with E-state index >= 15 is 0 Å². The number of likely N-dealkylation sites (tertiary alicyclic amines) is 1. The zero-order chi connectivity index (χ0) is 11.1. The molecule has 1 saturated carbocycles. The summed E-state index contributed by atoms with van der Waals surface area (Å²) >= 11 is 0. The van der Waals surface area contributed by atoms with Gasteiger partial charge in [0, 0.05) is 5.92 Å². The molecule has 2 rings (SSSR count). The Morgan fingerprint density at radius 2 is 1.73 bits per heavy atom. The Morgan fingerprint density at radius 1 is 1.20 bits per heavy atom. The molecule has 0 N–H and O–H groups in total. The van der Waals surface area contributed by atoms with Crippen LogP contribution in [0.25, 0.3) is 0 Å². The topological polar surface area (TPSA) is 20.3 Å². The lowest BCUT2D eigenvalue weighted by atomic mass is 9.82. The van der Waals surface area contributed by atoms with E-state index in [2.05, 4.69) is 6.92 Å². The smallest absolute Gasteiger partial charge is 0.282 e. The maximum atomic E-state index is 12.6. The molecule has 2 nitrogen and oxygen atoms in total. The van der Waals surface area contributed by atoms with Crippen molar-refractivity contribution in [3.05, 3.63) is 0 Å². The molecule has 1 amide bonds. The van der Waals surface area contributed by atoms with Gasteiger partial charge in [-0.1, -0.05) is 6.92 Å². The van der Waals surface area contributed by atoms with Gasteiger partial charge in [-0.15, -0.1) is 0 Å². The molecule has 1 aliphatic carbocycles. The number of rotatable bonds is 1. The van der Waals surface area contributed by atoms with Gasteiger partial charge in [0.2, 0.25) is 5.91 Å². The van der Waals surface area contributed by atoms with Crippen LogP contribution in [0.2, 0.25) is 0 Å². The molecular formula is C11H17F2NO. The van der Waals surface area contributed by atoms with E-state index in [-0.39, 0.29) is 24.9 Å². The molecule has 0 aromatic carbocycles. The number of amides is 1. The van der Waals surface area contributed by atoms with Crippen LogP contribution in [0.5, 0.6) is 0 Å². The van der Waals surface area contributed by atoms with Gasteiger partial charge in [-0.3, -0.25) is 4.79 Å². The molecule has 1 heterocycles. The zero-order valence-electron chi connectivity index (χ0n) is 9.01. The zero-order valence-corrected chi connectivity index (χ0v) is 9.01. The van der Waals surface area contributed by atoms with Crippen LogP contribution in [0.1, 0.15) is 32.6 Å². The fraction of sp³-hybridized carbons (Fsp3) is 0.909. The highest BCUT2D eigenvalue weighted by molar-refractivity contribution is 5.80. The summed E-state index contributed by atoms with van der Waals surface area (Å²) in [5, 5.41) is 0. The van der Waals surface area contributed by atoms with Crippen LogP contribution in [-0.2, 0) is 4.79 Å². The third-order valence-electron chi connectivity index (χ3n) is 3.52. The van der Waals surface area contributed by atoms with Gasteiger partial charge >= 0.3 is 0 Å². The van der Waals surface area contributed by atoms with Crippen molar-refractivity contribution in [1.82, 2.24) is 4.90 Å². The first-order valence-corrected chi connectivity index (χ1v) is 5.64. The first kappa shape index (κ1) is 10.8. The highest BCUT2D eigenvalue weighted by atomic mass is 19.3. The Labute approximate surface area is 88.6 Å². The number of alkyl halides is 2. The molecule has 0 unspecified atom stereocenters. The minimum absolute atomic E-state index is 0.0114. The van der Waals surface area contributed by atoms with E-state index in [1.54, 1.807) is 0 Å². The molecule has 0 aromatic rings. The highest BCUT2D eigenvalue weighted by Gasteiger charge is 2.47. The fourth-order valence-corrected chi connectivity index (χ4v) is 2.43. The van der Waals surface area contributed by atoms with Gasteiger partial charge in [-0.25, -0.2) is 8.78 Å². The first-order valence-electron chi connectivity index (χ1n) is 5.64. The maximum Gasteiger partial charge on any atom is 0.282 e. The molecule has 15 heavy (non-hydrogen) atoms. The van der Waals surface area contributed by atoms with E-state index < -0.39 is 5.92 Å². The van der Waals surface area contributed by atoms with Gasteiger partial charge in [-0.2, -0.15) is 0 Å². The summed E-state index contributed by atoms with van der Waals surface area (Å²) in [5.74, 6) is -1.98. The highest BCUT2D eigenvalue weighted by Crippen LogP contribution is 2.33. The summed E-state index contributed by atoms with van der Waals surface area (Å²) in [7, 11) is 0. The molecule has 2 fully saturated rings. The fourth-order valence-electron chi connectivity index (χ4n) is 2.43. The lowest BCUT2D eigenvalue weighted by Gasteiger charge is -2.41. The van der Waals surface area contributed by atoms with Gasteiger partial charge in [0.05, 0.1) is 13.1 Å². The SMILES string of the molecule is C[C@H]1CC[C@@H](C(=O)N2CC(F)(F)C2)CC1. The van der Waals surface area contributed by atoms with Gasteiger partial charge < -0.3 is 4.90 Å². The van der Waals surface area contributed by atoms with Crippen molar-refractivity contribution in [1.29, 1.82) is 0 Å². The Balaban J connectivity index is 1.82. The molecule has 0 aromatic heterocycles. The van der Waals surface area contributed by atoms with Crippen LogP contribution in [0.3, 0.4) is 0 Å². The Hall–Kier alpha value is -0.670. The predicted octanol–water partition coefficient (Wildman–Crippen LogP) is 2.29. The lowest BCUT2D eigenvalue weighted by molar-refractivity contribution is -0.170. The minimum atomic E-state index is -2.63. The number of carbonyl (C=O) groups excluding carboxylic acids is 1.